The van der Waals surface area contributed by atoms with E-state index in [1.165, 1.54) is 0 Å². The third-order valence-corrected chi connectivity index (χ3v) is 3.52. The molecule has 0 atom stereocenters. The topological polar surface area (TPSA) is 29.8 Å². The van der Waals surface area contributed by atoms with Crippen molar-refractivity contribution in [3.05, 3.63) is 54.1 Å². The van der Waals surface area contributed by atoms with Gasteiger partial charge in [-0.25, -0.2) is 4.42 Å². The van der Waals surface area contributed by atoms with Crippen LogP contribution in [0, 0.1) is 6.92 Å². The molecular weight excluding hydrogens is 264 g/mol. The molecule has 2 aromatic carbocycles. The molecule has 0 spiro atoms. The smallest absolute Gasteiger partial charge is 0.368 e. The first-order chi connectivity index (χ1) is 10.2. The summed E-state index contributed by atoms with van der Waals surface area (Å²) in [4.78, 5) is 0. The van der Waals surface area contributed by atoms with Crippen LogP contribution in [0.3, 0.4) is 0 Å². The summed E-state index contributed by atoms with van der Waals surface area (Å²) in [6.07, 6.45) is 0. The average molecular weight is 281 g/mol. The van der Waals surface area contributed by atoms with Crippen LogP contribution in [0.15, 0.2) is 52.9 Å². The largest absolute Gasteiger partial charge is 0.496 e. The highest BCUT2D eigenvalue weighted by atomic mass is 16.5. The van der Waals surface area contributed by atoms with E-state index in [4.69, 9.17) is 13.9 Å². The van der Waals surface area contributed by atoms with Gasteiger partial charge in [-0.15, -0.1) is 0 Å². The number of ether oxygens (including phenoxy) is 2. The van der Waals surface area contributed by atoms with Crippen molar-refractivity contribution in [2.24, 2.45) is 0 Å². The van der Waals surface area contributed by atoms with E-state index in [-0.39, 0.29) is 0 Å². The van der Waals surface area contributed by atoms with Gasteiger partial charge >= 0.3 is 11.3 Å². The van der Waals surface area contributed by atoms with Crippen molar-refractivity contribution in [2.45, 2.75) is 6.92 Å². The van der Waals surface area contributed by atoms with Crippen LogP contribution in [0.1, 0.15) is 5.56 Å². The molecule has 0 N–H and O–H groups in total. The monoisotopic (exact) mass is 281 g/mol. The second kappa shape index (κ2) is 5.44. The Hall–Kier alpha value is -2.55. The standard InChI is InChI=1S/C18H17O3/c1-12-9-15(13-7-5-4-6-8-13)21-17-11-14(19-2)10-16(20-3)18(12)17/h4-11H,1-3H3/q+1. The maximum atomic E-state index is 6.05. The highest BCUT2D eigenvalue weighted by Crippen LogP contribution is 2.36. The molecule has 3 heteroatoms. The Bertz CT molecular complexity index is 779. The summed E-state index contributed by atoms with van der Waals surface area (Å²) >= 11 is 0. The summed E-state index contributed by atoms with van der Waals surface area (Å²) in [5, 5.41) is 0.970. The lowest BCUT2D eigenvalue weighted by molar-refractivity contribution is 0.396. The molecule has 0 bridgehead atoms. The molecule has 0 saturated heterocycles. The van der Waals surface area contributed by atoms with Gasteiger partial charge in [-0.3, -0.25) is 0 Å². The Balaban J connectivity index is 2.28. The number of fused-ring (bicyclic) bond motifs is 1. The number of hydrogen-bond donors (Lipinski definition) is 0. The van der Waals surface area contributed by atoms with Crippen molar-refractivity contribution in [3.8, 4) is 22.8 Å². The molecule has 0 radical (unpaired) electrons. The molecule has 0 amide bonds. The first-order valence-electron chi connectivity index (χ1n) is 6.78. The first kappa shape index (κ1) is 13.4. The molecule has 3 nitrogen and oxygen atoms in total. The zero-order valence-electron chi connectivity index (χ0n) is 12.3. The summed E-state index contributed by atoms with van der Waals surface area (Å²) in [6.45, 7) is 2.05. The van der Waals surface area contributed by atoms with Gasteiger partial charge in [0.05, 0.1) is 25.8 Å². The van der Waals surface area contributed by atoms with Gasteiger partial charge in [0, 0.05) is 12.1 Å². The first-order valence-corrected chi connectivity index (χ1v) is 6.78. The van der Waals surface area contributed by atoms with Crippen molar-refractivity contribution in [1.82, 2.24) is 0 Å². The number of benzene rings is 2. The Kier molecular flexibility index (Phi) is 3.48. The van der Waals surface area contributed by atoms with Crippen LogP contribution >= 0.6 is 0 Å². The second-order valence-electron chi connectivity index (χ2n) is 4.86. The van der Waals surface area contributed by atoms with E-state index >= 15 is 0 Å². The summed E-state index contributed by atoms with van der Waals surface area (Å²) in [5.41, 5.74) is 2.91. The summed E-state index contributed by atoms with van der Waals surface area (Å²) in [5.74, 6) is 2.30. The van der Waals surface area contributed by atoms with Crippen LogP contribution in [0.25, 0.3) is 22.3 Å². The third-order valence-electron chi connectivity index (χ3n) is 3.52. The zero-order chi connectivity index (χ0) is 14.8. The minimum Gasteiger partial charge on any atom is -0.496 e. The van der Waals surface area contributed by atoms with E-state index in [1.807, 2.05) is 48.5 Å². The normalized spacial score (nSPS) is 10.6. The minimum absolute atomic E-state index is 0.715. The van der Waals surface area contributed by atoms with Crippen LogP contribution in [0.4, 0.5) is 0 Å². The maximum Gasteiger partial charge on any atom is 0.368 e. The van der Waals surface area contributed by atoms with E-state index in [9.17, 15) is 0 Å². The molecule has 3 rings (SSSR count). The number of aryl methyl sites for hydroxylation is 1. The van der Waals surface area contributed by atoms with Gasteiger partial charge in [-0.1, -0.05) is 18.2 Å². The van der Waals surface area contributed by atoms with Crippen molar-refractivity contribution in [3.63, 3.8) is 0 Å². The van der Waals surface area contributed by atoms with Crippen LogP contribution in [-0.4, -0.2) is 14.2 Å². The Labute approximate surface area is 123 Å². The molecule has 0 fully saturated rings. The van der Waals surface area contributed by atoms with Gasteiger partial charge in [-0.05, 0) is 24.6 Å². The minimum atomic E-state index is 0.715. The lowest BCUT2D eigenvalue weighted by Gasteiger charge is -2.06. The maximum absolute atomic E-state index is 6.05. The van der Waals surface area contributed by atoms with Gasteiger partial charge in [0.25, 0.3) is 0 Å². The molecule has 0 aliphatic rings. The van der Waals surface area contributed by atoms with Crippen LogP contribution in [0.5, 0.6) is 11.5 Å². The molecule has 0 aliphatic heterocycles. The molecule has 3 aromatic rings. The Morgan fingerprint density at radius 3 is 2.33 bits per heavy atom. The van der Waals surface area contributed by atoms with Crippen molar-refractivity contribution >= 4 is 11.0 Å². The fraction of sp³-hybridized carbons (Fsp3) is 0.167. The number of hydrogen-bond acceptors (Lipinski definition) is 2. The van der Waals surface area contributed by atoms with E-state index in [1.54, 1.807) is 14.2 Å². The average Bonchev–Trinajstić information content (AvgIpc) is 2.54. The van der Waals surface area contributed by atoms with Crippen LogP contribution in [0.2, 0.25) is 0 Å². The van der Waals surface area contributed by atoms with Gasteiger partial charge < -0.3 is 9.47 Å². The Morgan fingerprint density at radius 1 is 0.905 bits per heavy atom. The zero-order valence-corrected chi connectivity index (χ0v) is 12.3. The third kappa shape index (κ3) is 2.42. The van der Waals surface area contributed by atoms with Gasteiger partial charge in [0.2, 0.25) is 0 Å². The molecule has 1 aromatic heterocycles. The molecule has 21 heavy (non-hydrogen) atoms. The predicted octanol–water partition coefficient (Wildman–Crippen LogP) is 4.71. The van der Waals surface area contributed by atoms with E-state index in [2.05, 4.69) is 6.92 Å². The van der Waals surface area contributed by atoms with Gasteiger partial charge in [0.15, 0.2) is 0 Å². The quantitative estimate of drug-likeness (QED) is 0.651. The summed E-state index contributed by atoms with van der Waals surface area (Å²) in [7, 11) is 3.28. The molecule has 0 aliphatic carbocycles. The molecule has 0 saturated carbocycles. The SMILES string of the molecule is COc1cc(OC)c2c(C)cc(-c3ccccc3)[o+]c2c1. The molecule has 106 valence electrons. The fourth-order valence-corrected chi connectivity index (χ4v) is 2.48. The van der Waals surface area contributed by atoms with Crippen LogP contribution < -0.4 is 9.47 Å². The van der Waals surface area contributed by atoms with Gasteiger partial charge in [-0.2, -0.15) is 0 Å². The highest BCUT2D eigenvalue weighted by molar-refractivity contribution is 5.89. The Morgan fingerprint density at radius 2 is 1.67 bits per heavy atom. The number of methoxy groups -OCH3 is 2. The van der Waals surface area contributed by atoms with Crippen molar-refractivity contribution in [2.75, 3.05) is 14.2 Å². The van der Waals surface area contributed by atoms with Crippen molar-refractivity contribution in [1.29, 1.82) is 0 Å². The van der Waals surface area contributed by atoms with E-state index < -0.39 is 0 Å². The van der Waals surface area contributed by atoms with E-state index in [0.29, 0.717) is 5.75 Å². The summed E-state index contributed by atoms with van der Waals surface area (Å²) in [6, 6.07) is 15.8. The fourth-order valence-electron chi connectivity index (χ4n) is 2.48. The molecular formula is C18H17O3+. The lowest BCUT2D eigenvalue weighted by atomic mass is 10.1. The van der Waals surface area contributed by atoms with Gasteiger partial charge in [0.1, 0.15) is 16.9 Å². The highest BCUT2D eigenvalue weighted by Gasteiger charge is 2.21. The number of rotatable bonds is 3. The summed E-state index contributed by atoms with van der Waals surface area (Å²) < 4.78 is 16.8. The lowest BCUT2D eigenvalue weighted by Crippen LogP contribution is -1.91. The van der Waals surface area contributed by atoms with Crippen LogP contribution in [-0.2, 0) is 0 Å². The molecule has 1 heterocycles. The van der Waals surface area contributed by atoms with Crippen molar-refractivity contribution < 1.29 is 13.9 Å². The molecule has 0 unspecified atom stereocenters. The van der Waals surface area contributed by atoms with E-state index in [0.717, 1.165) is 33.6 Å². The second-order valence-corrected chi connectivity index (χ2v) is 4.86. The predicted molar refractivity (Wildman–Crippen MR) is 83.9 cm³/mol.